The minimum Gasteiger partial charge on any atom is -0.458 e. The van der Waals surface area contributed by atoms with Crippen molar-refractivity contribution in [3.05, 3.63) is 29.3 Å². The number of fused-ring (bicyclic) bond motifs is 1. The third kappa shape index (κ3) is 3.07. The van der Waals surface area contributed by atoms with Crippen molar-refractivity contribution in [2.45, 2.75) is 58.0 Å². The van der Waals surface area contributed by atoms with Crippen LogP contribution in [0.25, 0.3) is 0 Å². The minimum absolute atomic E-state index is 0.114. The lowest BCUT2D eigenvalue weighted by atomic mass is 9.84. The summed E-state index contributed by atoms with van der Waals surface area (Å²) < 4.78 is 5.88. The third-order valence-electron chi connectivity index (χ3n) is 4.94. The predicted octanol–water partition coefficient (Wildman–Crippen LogP) is 4.17. The topological polar surface area (TPSA) is 38.3 Å². The first-order valence-corrected chi connectivity index (χ1v) is 8.36. The van der Waals surface area contributed by atoms with E-state index in [0.29, 0.717) is 5.92 Å². The van der Waals surface area contributed by atoms with Gasteiger partial charge in [0.25, 0.3) is 0 Å². The smallest absolute Gasteiger partial charge is 0.338 e. The second-order valence-electron chi connectivity index (χ2n) is 6.26. The Morgan fingerprint density at radius 3 is 3.00 bits per heavy atom. The zero-order valence-corrected chi connectivity index (χ0v) is 12.9. The first-order chi connectivity index (χ1) is 10.3. The predicted molar refractivity (Wildman–Crippen MR) is 84.7 cm³/mol. The van der Waals surface area contributed by atoms with Gasteiger partial charge in [0.2, 0.25) is 0 Å². The molecule has 2 atom stereocenters. The van der Waals surface area contributed by atoms with E-state index in [0.717, 1.165) is 49.0 Å². The molecule has 1 aromatic rings. The van der Waals surface area contributed by atoms with E-state index in [2.05, 4.69) is 18.3 Å². The number of hydrogen-bond donors (Lipinski definition) is 1. The highest BCUT2D eigenvalue weighted by molar-refractivity contribution is 5.93. The molecule has 114 valence electrons. The van der Waals surface area contributed by atoms with Gasteiger partial charge in [-0.15, -0.1) is 0 Å². The van der Waals surface area contributed by atoms with Gasteiger partial charge in [0.05, 0.1) is 5.56 Å². The van der Waals surface area contributed by atoms with E-state index in [1.165, 1.54) is 19.3 Å². The Morgan fingerprint density at radius 1 is 1.29 bits per heavy atom. The summed E-state index contributed by atoms with van der Waals surface area (Å²) in [6.07, 6.45) is 7.95. The molecule has 21 heavy (non-hydrogen) atoms. The molecule has 0 amide bonds. The summed E-state index contributed by atoms with van der Waals surface area (Å²) in [5.41, 5.74) is 3.00. The molecule has 1 aliphatic heterocycles. The largest absolute Gasteiger partial charge is 0.458 e. The molecule has 0 radical (unpaired) electrons. The van der Waals surface area contributed by atoms with Crippen LogP contribution in [0.4, 0.5) is 5.69 Å². The van der Waals surface area contributed by atoms with E-state index in [-0.39, 0.29) is 12.1 Å². The molecular weight excluding hydrogens is 262 g/mol. The number of ether oxygens (including phenoxy) is 1. The molecule has 2 aliphatic rings. The number of anilines is 1. The van der Waals surface area contributed by atoms with Gasteiger partial charge in [0, 0.05) is 12.2 Å². The molecule has 2 unspecified atom stereocenters. The van der Waals surface area contributed by atoms with E-state index >= 15 is 0 Å². The van der Waals surface area contributed by atoms with Crippen molar-refractivity contribution in [1.82, 2.24) is 0 Å². The van der Waals surface area contributed by atoms with Crippen LogP contribution in [-0.2, 0) is 11.2 Å². The lowest BCUT2D eigenvalue weighted by molar-refractivity contribution is 0.000601. The van der Waals surface area contributed by atoms with Crippen molar-refractivity contribution < 1.29 is 9.53 Å². The van der Waals surface area contributed by atoms with Gasteiger partial charge in [-0.05, 0) is 62.1 Å². The van der Waals surface area contributed by atoms with Gasteiger partial charge in [-0.2, -0.15) is 0 Å². The number of nitrogens with one attached hydrogen (secondary N) is 1. The van der Waals surface area contributed by atoms with Crippen molar-refractivity contribution >= 4 is 11.7 Å². The van der Waals surface area contributed by atoms with Crippen LogP contribution in [0.3, 0.4) is 0 Å². The van der Waals surface area contributed by atoms with Gasteiger partial charge in [0.1, 0.15) is 6.10 Å². The van der Waals surface area contributed by atoms with Crippen molar-refractivity contribution in [2.75, 3.05) is 11.9 Å². The highest BCUT2D eigenvalue weighted by Crippen LogP contribution is 2.31. The Labute approximate surface area is 127 Å². The normalized spacial score (nSPS) is 24.8. The number of carbonyl (C=O) groups excluding carboxylic acids is 1. The van der Waals surface area contributed by atoms with Crippen molar-refractivity contribution in [2.24, 2.45) is 5.92 Å². The second kappa shape index (κ2) is 6.50. The van der Waals surface area contributed by atoms with Gasteiger partial charge in [0.15, 0.2) is 0 Å². The van der Waals surface area contributed by atoms with E-state index in [1.807, 2.05) is 12.1 Å². The maximum absolute atomic E-state index is 12.6. The third-order valence-corrected chi connectivity index (χ3v) is 4.94. The lowest BCUT2D eigenvalue weighted by Crippen LogP contribution is -2.30. The van der Waals surface area contributed by atoms with Gasteiger partial charge < -0.3 is 10.1 Å². The Hall–Kier alpha value is -1.51. The average Bonchev–Trinajstić information content (AvgIpc) is 2.54. The Morgan fingerprint density at radius 2 is 2.14 bits per heavy atom. The van der Waals surface area contributed by atoms with Crippen LogP contribution >= 0.6 is 0 Å². The number of hydrogen-bond acceptors (Lipinski definition) is 3. The van der Waals surface area contributed by atoms with Crippen molar-refractivity contribution in [1.29, 1.82) is 0 Å². The van der Waals surface area contributed by atoms with Crippen molar-refractivity contribution in [3.63, 3.8) is 0 Å². The fraction of sp³-hybridized carbons (Fsp3) is 0.611. The van der Waals surface area contributed by atoms with E-state index < -0.39 is 0 Å². The molecule has 1 heterocycles. The van der Waals surface area contributed by atoms with Crippen LogP contribution in [0, 0.1) is 5.92 Å². The lowest BCUT2D eigenvalue weighted by Gasteiger charge is -2.31. The zero-order chi connectivity index (χ0) is 14.7. The summed E-state index contributed by atoms with van der Waals surface area (Å²) >= 11 is 0. The molecule has 3 nitrogen and oxygen atoms in total. The minimum atomic E-state index is -0.124. The summed E-state index contributed by atoms with van der Waals surface area (Å²) in [5.74, 6) is 0.418. The first-order valence-electron chi connectivity index (χ1n) is 8.36. The summed E-state index contributed by atoms with van der Waals surface area (Å²) in [5, 5.41) is 3.37. The highest BCUT2D eigenvalue weighted by Gasteiger charge is 2.28. The Balaban J connectivity index is 1.76. The quantitative estimate of drug-likeness (QED) is 0.848. The fourth-order valence-electron chi connectivity index (χ4n) is 3.70. The monoisotopic (exact) mass is 287 g/mol. The Bertz CT molecular complexity index is 512. The van der Waals surface area contributed by atoms with Crippen LogP contribution in [0.15, 0.2) is 18.2 Å². The molecular formula is C18H25NO2. The molecule has 1 aliphatic carbocycles. The van der Waals surface area contributed by atoms with Crippen LogP contribution < -0.4 is 5.32 Å². The molecule has 0 spiro atoms. The first kappa shape index (κ1) is 14.4. The molecule has 3 rings (SSSR count). The van der Waals surface area contributed by atoms with Gasteiger partial charge >= 0.3 is 5.97 Å². The molecule has 1 aromatic carbocycles. The van der Waals surface area contributed by atoms with Crippen LogP contribution in [-0.4, -0.2) is 18.6 Å². The van der Waals surface area contributed by atoms with Crippen LogP contribution in [0.5, 0.6) is 0 Å². The molecule has 1 saturated carbocycles. The Kier molecular flexibility index (Phi) is 4.47. The molecule has 0 aromatic heterocycles. The summed E-state index contributed by atoms with van der Waals surface area (Å²) in [4.78, 5) is 12.6. The van der Waals surface area contributed by atoms with Gasteiger partial charge in [-0.3, -0.25) is 0 Å². The fourth-order valence-corrected chi connectivity index (χ4v) is 3.70. The molecule has 1 N–H and O–H groups in total. The number of benzene rings is 1. The van der Waals surface area contributed by atoms with Gasteiger partial charge in [-0.25, -0.2) is 4.79 Å². The van der Waals surface area contributed by atoms with E-state index in [1.54, 1.807) is 0 Å². The maximum atomic E-state index is 12.6. The molecule has 1 fully saturated rings. The standard InChI is InChI=1S/C18H25NO2/c1-2-13-7-3-4-11-17(13)21-18(20)15-8-5-10-16-14(15)9-6-12-19-16/h5,8,10,13,17,19H,2-4,6-7,9,11-12H2,1H3. The molecule has 0 saturated heterocycles. The van der Waals surface area contributed by atoms with Crippen molar-refractivity contribution in [3.8, 4) is 0 Å². The molecule has 3 heteroatoms. The SMILES string of the molecule is CCC1CCCCC1OC(=O)c1cccc2c1CCCN2. The van der Waals surface area contributed by atoms with E-state index in [9.17, 15) is 4.79 Å². The second-order valence-corrected chi connectivity index (χ2v) is 6.26. The van der Waals surface area contributed by atoms with Crippen LogP contribution in [0.2, 0.25) is 0 Å². The van der Waals surface area contributed by atoms with Gasteiger partial charge in [-0.1, -0.05) is 19.4 Å². The maximum Gasteiger partial charge on any atom is 0.338 e. The molecule has 0 bridgehead atoms. The number of esters is 1. The number of rotatable bonds is 3. The summed E-state index contributed by atoms with van der Waals surface area (Å²) in [6, 6.07) is 5.92. The zero-order valence-electron chi connectivity index (χ0n) is 12.9. The van der Waals surface area contributed by atoms with E-state index in [4.69, 9.17) is 4.74 Å². The summed E-state index contributed by atoms with van der Waals surface area (Å²) in [6.45, 7) is 3.19. The summed E-state index contributed by atoms with van der Waals surface area (Å²) in [7, 11) is 0. The number of carbonyl (C=O) groups is 1. The highest BCUT2D eigenvalue weighted by atomic mass is 16.5. The average molecular weight is 287 g/mol. The van der Waals surface area contributed by atoms with Crippen LogP contribution in [0.1, 0.15) is 61.4 Å².